The zero-order valence-corrected chi connectivity index (χ0v) is 20.4. The van der Waals surface area contributed by atoms with Crippen LogP contribution in [-0.2, 0) is 26.1 Å². The van der Waals surface area contributed by atoms with Gasteiger partial charge in [0.15, 0.2) is 6.04 Å². The van der Waals surface area contributed by atoms with Gasteiger partial charge in [-0.3, -0.25) is 0 Å². The van der Waals surface area contributed by atoms with E-state index >= 15 is 0 Å². The van der Waals surface area contributed by atoms with E-state index in [4.69, 9.17) is 14.2 Å². The molecule has 0 spiro atoms. The van der Waals surface area contributed by atoms with Gasteiger partial charge in [0.05, 0.1) is 7.11 Å². The topological polar surface area (TPSA) is 87.1 Å². The molecule has 0 saturated heterocycles. The highest BCUT2D eigenvalue weighted by molar-refractivity contribution is 5.95. The van der Waals surface area contributed by atoms with Gasteiger partial charge in [0.1, 0.15) is 11.2 Å². The minimum atomic E-state index is -1.30. The molecule has 0 N–H and O–H groups in total. The van der Waals surface area contributed by atoms with Crippen LogP contribution >= 0.6 is 0 Å². The van der Waals surface area contributed by atoms with Gasteiger partial charge in [-0.2, -0.15) is 4.90 Å². The van der Waals surface area contributed by atoms with Crippen LogP contribution in [0.1, 0.15) is 59.9 Å². The molecular weight excluding hydrogens is 412 g/mol. The van der Waals surface area contributed by atoms with Crippen LogP contribution in [-0.4, -0.2) is 52.0 Å². The van der Waals surface area contributed by atoms with Crippen LogP contribution in [0.5, 0.6) is 0 Å². The second-order valence-electron chi connectivity index (χ2n) is 9.80. The van der Waals surface area contributed by atoms with Crippen LogP contribution in [0.15, 0.2) is 30.5 Å². The van der Waals surface area contributed by atoms with Crippen molar-refractivity contribution in [2.24, 2.45) is 7.05 Å². The molecule has 2 rings (SSSR count). The van der Waals surface area contributed by atoms with Gasteiger partial charge in [-0.15, -0.1) is 0 Å². The molecule has 2 aromatic rings. The molecule has 0 saturated carbocycles. The Morgan fingerprint density at radius 2 is 1.44 bits per heavy atom. The van der Waals surface area contributed by atoms with Crippen molar-refractivity contribution in [3.8, 4) is 0 Å². The van der Waals surface area contributed by atoms with Crippen LogP contribution in [0, 0.1) is 0 Å². The van der Waals surface area contributed by atoms with Crippen molar-refractivity contribution in [1.29, 1.82) is 0 Å². The summed E-state index contributed by atoms with van der Waals surface area (Å²) in [5, 5.41) is 0.907. The number of benzene rings is 1. The summed E-state index contributed by atoms with van der Waals surface area (Å²) in [6.07, 6.45) is -0.0725. The highest BCUT2D eigenvalue weighted by Crippen LogP contribution is 2.33. The number of rotatable bonds is 4. The van der Waals surface area contributed by atoms with Crippen molar-refractivity contribution in [3.05, 3.63) is 36.0 Å². The Hall–Kier alpha value is -3.03. The maximum Gasteiger partial charge on any atom is 0.420 e. The second-order valence-corrected chi connectivity index (χ2v) is 9.80. The summed E-state index contributed by atoms with van der Waals surface area (Å²) in [7, 11) is 3.11. The number of fused-ring (bicyclic) bond motifs is 1. The monoisotopic (exact) mass is 446 g/mol. The molecule has 0 unspecified atom stereocenters. The molecule has 8 nitrogen and oxygen atoms in total. The van der Waals surface area contributed by atoms with Gasteiger partial charge in [-0.1, -0.05) is 25.1 Å². The Balaban J connectivity index is 2.62. The van der Waals surface area contributed by atoms with Crippen LogP contribution in [0.4, 0.5) is 9.59 Å². The summed E-state index contributed by atoms with van der Waals surface area (Å²) >= 11 is 0. The number of ether oxygens (including phenoxy) is 3. The van der Waals surface area contributed by atoms with Gasteiger partial charge in [0.25, 0.3) is 0 Å². The van der Waals surface area contributed by atoms with E-state index in [1.165, 1.54) is 7.11 Å². The smallest absolute Gasteiger partial charge is 0.420 e. The first-order valence-corrected chi connectivity index (χ1v) is 10.5. The number of hydrogen-bond acceptors (Lipinski definition) is 6. The highest BCUT2D eigenvalue weighted by Gasteiger charge is 2.44. The maximum atomic E-state index is 13.1. The van der Waals surface area contributed by atoms with Crippen molar-refractivity contribution in [2.75, 3.05) is 7.11 Å². The van der Waals surface area contributed by atoms with E-state index in [1.54, 1.807) is 48.5 Å². The van der Waals surface area contributed by atoms with Crippen molar-refractivity contribution in [3.63, 3.8) is 0 Å². The normalized spacial score (nSPS) is 13.9. The summed E-state index contributed by atoms with van der Waals surface area (Å²) in [4.78, 5) is 40.0. The van der Waals surface area contributed by atoms with Gasteiger partial charge in [-0.25, -0.2) is 14.4 Å². The summed E-state index contributed by atoms with van der Waals surface area (Å²) in [5.74, 6) is -1.35. The highest BCUT2D eigenvalue weighted by atomic mass is 16.6. The molecule has 0 bridgehead atoms. The van der Waals surface area contributed by atoms with Crippen molar-refractivity contribution in [1.82, 2.24) is 9.47 Å². The number of esters is 1. The van der Waals surface area contributed by atoms with Gasteiger partial charge >= 0.3 is 18.2 Å². The third-order valence-electron chi connectivity index (χ3n) is 4.79. The SMILES string of the molecule is COC(=O)[C@H]([C@@H](C)c1cn(C)c2ccccc12)N(C(=O)OC(C)(C)C)C(=O)OC(C)(C)C. The van der Waals surface area contributed by atoms with Gasteiger partial charge in [0.2, 0.25) is 0 Å². The average Bonchev–Trinajstić information content (AvgIpc) is 2.99. The van der Waals surface area contributed by atoms with Gasteiger partial charge in [0, 0.05) is 30.1 Å². The van der Waals surface area contributed by atoms with Crippen LogP contribution in [0.2, 0.25) is 0 Å². The van der Waals surface area contributed by atoms with Gasteiger partial charge < -0.3 is 18.8 Å². The Morgan fingerprint density at radius 3 is 1.91 bits per heavy atom. The standard InChI is InChI=1S/C24H34N2O6/c1-15(17-14-25(8)18-13-11-10-12-16(17)18)19(20(27)30-9)26(21(28)31-23(2,3)4)22(29)32-24(5,6)7/h10-15,19H,1-9H3/t15-,19-/m0/s1. The molecule has 1 aromatic heterocycles. The van der Waals surface area contributed by atoms with Crippen molar-refractivity contribution >= 4 is 29.1 Å². The molecule has 0 radical (unpaired) electrons. The number of aryl methyl sites for hydroxylation is 1. The average molecular weight is 447 g/mol. The molecule has 1 aromatic carbocycles. The first-order valence-electron chi connectivity index (χ1n) is 10.5. The van der Waals surface area contributed by atoms with Crippen molar-refractivity contribution < 1.29 is 28.6 Å². The molecular formula is C24H34N2O6. The predicted octanol–water partition coefficient (Wildman–Crippen LogP) is 5.00. The second kappa shape index (κ2) is 9.22. The number of para-hydroxylation sites is 1. The summed E-state index contributed by atoms with van der Waals surface area (Å²) in [6, 6.07) is 6.41. The third kappa shape index (κ3) is 5.81. The first-order chi connectivity index (χ1) is 14.7. The fourth-order valence-corrected chi connectivity index (χ4v) is 3.48. The van der Waals surface area contributed by atoms with Crippen molar-refractivity contribution in [2.45, 2.75) is 71.6 Å². The van der Waals surface area contributed by atoms with E-state index in [0.717, 1.165) is 21.4 Å². The largest absolute Gasteiger partial charge is 0.467 e. The molecule has 0 fully saturated rings. The predicted molar refractivity (Wildman–Crippen MR) is 121 cm³/mol. The molecule has 2 atom stereocenters. The minimum absolute atomic E-state index is 0.603. The molecule has 0 aliphatic heterocycles. The number of imide groups is 1. The van der Waals surface area contributed by atoms with E-state index < -0.39 is 41.3 Å². The number of aromatic nitrogens is 1. The number of methoxy groups -OCH3 is 1. The Kier molecular flexibility index (Phi) is 7.27. The zero-order valence-electron chi connectivity index (χ0n) is 20.4. The lowest BCUT2D eigenvalue weighted by molar-refractivity contribution is -0.147. The fraction of sp³-hybridized carbons (Fsp3) is 0.542. The molecule has 176 valence electrons. The molecule has 0 aliphatic carbocycles. The quantitative estimate of drug-likeness (QED) is 0.485. The van der Waals surface area contributed by atoms with Crippen LogP contribution < -0.4 is 0 Å². The van der Waals surface area contributed by atoms with E-state index in [-0.39, 0.29) is 0 Å². The number of nitrogens with zero attached hydrogens (tertiary/aromatic N) is 2. The van der Waals surface area contributed by atoms with Crippen LogP contribution in [0.25, 0.3) is 10.9 Å². The van der Waals surface area contributed by atoms with Gasteiger partial charge in [-0.05, 0) is 53.2 Å². The number of amides is 2. The molecule has 0 aliphatic rings. The number of carbonyl (C=O) groups excluding carboxylic acids is 3. The van der Waals surface area contributed by atoms with E-state index in [0.29, 0.717) is 0 Å². The minimum Gasteiger partial charge on any atom is -0.467 e. The molecule has 8 heteroatoms. The maximum absolute atomic E-state index is 13.1. The first kappa shape index (κ1) is 25.2. The lowest BCUT2D eigenvalue weighted by Crippen LogP contribution is -2.54. The Labute approximate surface area is 189 Å². The zero-order chi connectivity index (χ0) is 24.4. The Bertz CT molecular complexity index is 968. The lowest BCUT2D eigenvalue weighted by Gasteiger charge is -2.34. The molecule has 1 heterocycles. The van der Waals surface area contributed by atoms with E-state index in [9.17, 15) is 14.4 Å². The summed E-state index contributed by atoms with van der Waals surface area (Å²) in [5.41, 5.74) is -0.0313. The number of carbonyl (C=O) groups is 3. The summed E-state index contributed by atoms with van der Waals surface area (Å²) in [6.45, 7) is 11.8. The third-order valence-corrected chi connectivity index (χ3v) is 4.79. The van der Waals surface area contributed by atoms with Crippen LogP contribution in [0.3, 0.4) is 0 Å². The number of hydrogen-bond donors (Lipinski definition) is 0. The molecule has 32 heavy (non-hydrogen) atoms. The summed E-state index contributed by atoms with van der Waals surface area (Å²) < 4.78 is 17.9. The fourth-order valence-electron chi connectivity index (χ4n) is 3.48. The lowest BCUT2D eigenvalue weighted by atomic mass is 9.92. The molecule has 2 amide bonds. The van der Waals surface area contributed by atoms with E-state index in [2.05, 4.69) is 0 Å². The Morgan fingerprint density at radius 1 is 0.938 bits per heavy atom. The van der Waals surface area contributed by atoms with E-state index in [1.807, 2.05) is 42.1 Å².